The van der Waals surface area contributed by atoms with E-state index in [1.807, 2.05) is 0 Å². The molecule has 1 aliphatic heterocycles. The molecule has 0 unspecified atom stereocenters. The van der Waals surface area contributed by atoms with Crippen LogP contribution in [0.3, 0.4) is 0 Å². The van der Waals surface area contributed by atoms with Gasteiger partial charge in [0.1, 0.15) is 12.2 Å². The zero-order valence-corrected chi connectivity index (χ0v) is 6.14. The minimum atomic E-state index is 0.0880. The Balaban J connectivity index is 2.45. The van der Waals surface area contributed by atoms with Gasteiger partial charge in [-0.2, -0.15) is 0 Å². The molecule has 0 saturated carbocycles. The van der Waals surface area contributed by atoms with E-state index in [9.17, 15) is 0 Å². The smallest absolute Gasteiger partial charge is 0.145 e. The number of rotatable bonds is 0. The van der Waals surface area contributed by atoms with Crippen LogP contribution in [0, 0.1) is 17.8 Å². The van der Waals surface area contributed by atoms with Crippen molar-refractivity contribution < 1.29 is 4.74 Å². The summed E-state index contributed by atoms with van der Waals surface area (Å²) in [7, 11) is 0. The maximum Gasteiger partial charge on any atom is 0.145 e. The first-order valence-electron chi connectivity index (χ1n) is 3.17. The highest BCUT2D eigenvalue weighted by Gasteiger charge is 2.45. The fourth-order valence-corrected chi connectivity index (χ4v) is 0.898. The lowest BCUT2D eigenvalue weighted by atomic mass is 9.90. The predicted molar refractivity (Wildman–Crippen MR) is 36.9 cm³/mol. The summed E-state index contributed by atoms with van der Waals surface area (Å²) in [5.41, 5.74) is 0.219. The van der Waals surface area contributed by atoms with Crippen LogP contribution in [0.5, 0.6) is 0 Å². The van der Waals surface area contributed by atoms with E-state index in [0.717, 1.165) is 0 Å². The SMILES string of the molecule is C#C[C@H]1O[C@@H]1C(C)(C)C. The standard InChI is InChI=1S/C8H12O/c1-5-6-7(9-6)8(2,3)4/h1,6-7H,2-4H3/t6-,7+/m1/s1. The summed E-state index contributed by atoms with van der Waals surface area (Å²) >= 11 is 0. The molecular weight excluding hydrogens is 112 g/mol. The van der Waals surface area contributed by atoms with Gasteiger partial charge in [0.15, 0.2) is 0 Å². The second-order valence-corrected chi connectivity index (χ2v) is 3.51. The van der Waals surface area contributed by atoms with E-state index in [2.05, 4.69) is 26.7 Å². The summed E-state index contributed by atoms with van der Waals surface area (Å²) in [6.45, 7) is 6.40. The quantitative estimate of drug-likeness (QED) is 0.351. The molecule has 0 aromatic rings. The van der Waals surface area contributed by atoms with Gasteiger partial charge in [0.2, 0.25) is 0 Å². The second kappa shape index (κ2) is 1.75. The van der Waals surface area contributed by atoms with Crippen molar-refractivity contribution in [2.75, 3.05) is 0 Å². The molecule has 0 aliphatic carbocycles. The van der Waals surface area contributed by atoms with Gasteiger partial charge in [0.05, 0.1) is 0 Å². The summed E-state index contributed by atoms with van der Waals surface area (Å²) in [5.74, 6) is 2.57. The van der Waals surface area contributed by atoms with Crippen LogP contribution in [0.1, 0.15) is 20.8 Å². The van der Waals surface area contributed by atoms with E-state index in [0.29, 0.717) is 6.10 Å². The third-order valence-electron chi connectivity index (χ3n) is 1.51. The summed E-state index contributed by atoms with van der Waals surface area (Å²) < 4.78 is 5.19. The Bertz CT molecular complexity index is 147. The van der Waals surface area contributed by atoms with Gasteiger partial charge in [-0.05, 0) is 5.41 Å². The van der Waals surface area contributed by atoms with Crippen LogP contribution in [0.25, 0.3) is 0 Å². The van der Waals surface area contributed by atoms with Gasteiger partial charge < -0.3 is 4.74 Å². The largest absolute Gasteiger partial charge is 0.355 e. The molecule has 1 fully saturated rings. The maximum atomic E-state index is 5.19. The molecule has 1 heteroatoms. The van der Waals surface area contributed by atoms with E-state index >= 15 is 0 Å². The molecule has 0 radical (unpaired) electrons. The summed E-state index contributed by atoms with van der Waals surface area (Å²) in [6.07, 6.45) is 5.53. The number of hydrogen-bond acceptors (Lipinski definition) is 1. The molecule has 50 valence electrons. The Morgan fingerprint density at radius 3 is 2.11 bits per heavy atom. The van der Waals surface area contributed by atoms with E-state index in [-0.39, 0.29) is 11.5 Å². The zero-order chi connectivity index (χ0) is 7.07. The van der Waals surface area contributed by atoms with Gasteiger partial charge >= 0.3 is 0 Å². The van der Waals surface area contributed by atoms with Gasteiger partial charge in [-0.1, -0.05) is 26.7 Å². The van der Waals surface area contributed by atoms with Crippen LogP contribution in [0.4, 0.5) is 0 Å². The van der Waals surface area contributed by atoms with Gasteiger partial charge in [0, 0.05) is 0 Å². The Kier molecular flexibility index (Phi) is 1.29. The summed E-state index contributed by atoms with van der Waals surface area (Å²) in [6, 6.07) is 0. The first-order chi connectivity index (χ1) is 4.05. The van der Waals surface area contributed by atoms with E-state index in [4.69, 9.17) is 11.2 Å². The predicted octanol–water partition coefficient (Wildman–Crippen LogP) is 1.43. The molecule has 0 aromatic carbocycles. The molecule has 0 aromatic heterocycles. The highest BCUT2D eigenvalue weighted by molar-refractivity contribution is 5.11. The Labute approximate surface area is 56.4 Å². The van der Waals surface area contributed by atoms with E-state index < -0.39 is 0 Å². The molecule has 0 amide bonds. The topological polar surface area (TPSA) is 12.5 Å². The molecule has 1 heterocycles. The van der Waals surface area contributed by atoms with Gasteiger partial charge in [0.25, 0.3) is 0 Å². The zero-order valence-electron chi connectivity index (χ0n) is 6.14. The van der Waals surface area contributed by atoms with Gasteiger partial charge in [-0.3, -0.25) is 0 Å². The number of ether oxygens (including phenoxy) is 1. The minimum absolute atomic E-state index is 0.0880. The molecule has 0 N–H and O–H groups in total. The van der Waals surface area contributed by atoms with Crippen molar-refractivity contribution in [3.63, 3.8) is 0 Å². The molecule has 1 rings (SSSR count). The average molecular weight is 124 g/mol. The summed E-state index contributed by atoms with van der Waals surface area (Å²) in [4.78, 5) is 0. The van der Waals surface area contributed by atoms with Crippen molar-refractivity contribution in [3.05, 3.63) is 0 Å². The van der Waals surface area contributed by atoms with Crippen molar-refractivity contribution >= 4 is 0 Å². The van der Waals surface area contributed by atoms with Crippen molar-refractivity contribution in [2.24, 2.45) is 5.41 Å². The van der Waals surface area contributed by atoms with Crippen molar-refractivity contribution in [3.8, 4) is 12.3 Å². The van der Waals surface area contributed by atoms with Crippen LogP contribution in [-0.2, 0) is 4.74 Å². The van der Waals surface area contributed by atoms with E-state index in [1.54, 1.807) is 0 Å². The Morgan fingerprint density at radius 2 is 2.00 bits per heavy atom. The lowest BCUT2D eigenvalue weighted by Crippen LogP contribution is -2.15. The number of epoxide rings is 1. The minimum Gasteiger partial charge on any atom is -0.355 e. The normalized spacial score (nSPS) is 33.6. The van der Waals surface area contributed by atoms with Crippen molar-refractivity contribution in [1.82, 2.24) is 0 Å². The number of hydrogen-bond donors (Lipinski definition) is 0. The first kappa shape index (κ1) is 6.64. The van der Waals surface area contributed by atoms with E-state index in [1.165, 1.54) is 0 Å². The van der Waals surface area contributed by atoms with Crippen LogP contribution < -0.4 is 0 Å². The van der Waals surface area contributed by atoms with Crippen LogP contribution in [-0.4, -0.2) is 12.2 Å². The average Bonchev–Trinajstić information content (AvgIpc) is 2.39. The molecule has 1 saturated heterocycles. The van der Waals surface area contributed by atoms with Gasteiger partial charge in [-0.15, -0.1) is 6.42 Å². The van der Waals surface area contributed by atoms with Crippen LogP contribution in [0.2, 0.25) is 0 Å². The molecular formula is C8H12O. The van der Waals surface area contributed by atoms with Crippen LogP contribution >= 0.6 is 0 Å². The lowest BCUT2D eigenvalue weighted by molar-refractivity contribution is 0.264. The molecule has 1 aliphatic rings. The molecule has 9 heavy (non-hydrogen) atoms. The highest BCUT2D eigenvalue weighted by Crippen LogP contribution is 2.37. The fourth-order valence-electron chi connectivity index (χ4n) is 0.898. The molecule has 0 bridgehead atoms. The fraction of sp³-hybridized carbons (Fsp3) is 0.750. The third-order valence-corrected chi connectivity index (χ3v) is 1.51. The molecule has 2 atom stereocenters. The van der Waals surface area contributed by atoms with Gasteiger partial charge in [-0.25, -0.2) is 0 Å². The Morgan fingerprint density at radius 1 is 1.44 bits per heavy atom. The molecule has 0 spiro atoms. The molecule has 1 nitrogen and oxygen atoms in total. The first-order valence-corrected chi connectivity index (χ1v) is 3.17. The summed E-state index contributed by atoms with van der Waals surface area (Å²) in [5, 5.41) is 0. The van der Waals surface area contributed by atoms with Crippen LogP contribution in [0.15, 0.2) is 0 Å². The third kappa shape index (κ3) is 1.25. The lowest BCUT2D eigenvalue weighted by Gasteiger charge is -2.12. The number of terminal acetylenes is 1. The maximum absolute atomic E-state index is 5.19. The monoisotopic (exact) mass is 124 g/mol. The Hall–Kier alpha value is -0.480. The highest BCUT2D eigenvalue weighted by atomic mass is 16.6. The van der Waals surface area contributed by atoms with Crippen molar-refractivity contribution in [2.45, 2.75) is 33.0 Å². The van der Waals surface area contributed by atoms with Crippen molar-refractivity contribution in [1.29, 1.82) is 0 Å². The second-order valence-electron chi connectivity index (χ2n) is 3.51.